The zero-order valence-corrected chi connectivity index (χ0v) is 15.7. The fraction of sp³-hybridized carbons (Fsp3) is 0.190. The Morgan fingerprint density at radius 2 is 1.86 bits per heavy atom. The Balaban J connectivity index is 1.67. The van der Waals surface area contributed by atoms with Crippen LogP contribution in [0.4, 0.5) is 23.0 Å². The van der Waals surface area contributed by atoms with Gasteiger partial charge in [0, 0.05) is 12.2 Å². The van der Waals surface area contributed by atoms with Gasteiger partial charge in [0.2, 0.25) is 0 Å². The predicted molar refractivity (Wildman–Crippen MR) is 111 cm³/mol. The molecule has 7 nitrogen and oxygen atoms in total. The Labute approximate surface area is 164 Å². The van der Waals surface area contributed by atoms with Gasteiger partial charge in [-0.15, -0.1) is 0 Å². The molecule has 0 fully saturated rings. The van der Waals surface area contributed by atoms with Gasteiger partial charge in [0.05, 0.1) is 12.2 Å². The quantitative estimate of drug-likeness (QED) is 0.515. The number of ether oxygens (including phenoxy) is 1. The van der Waals surface area contributed by atoms with E-state index >= 15 is 0 Å². The monoisotopic (exact) mass is 377 g/mol. The summed E-state index contributed by atoms with van der Waals surface area (Å²) in [6.45, 7) is 2.80. The molecule has 0 spiro atoms. The molecule has 7 heteroatoms. The van der Waals surface area contributed by atoms with Crippen molar-refractivity contribution in [3.05, 3.63) is 72.1 Å². The Morgan fingerprint density at radius 1 is 1.07 bits per heavy atom. The molecule has 144 valence electrons. The van der Waals surface area contributed by atoms with Crippen LogP contribution in [0.5, 0.6) is 0 Å². The van der Waals surface area contributed by atoms with E-state index in [2.05, 4.69) is 32.7 Å². The van der Waals surface area contributed by atoms with Crippen LogP contribution in [0.1, 0.15) is 22.8 Å². The number of aromatic nitrogens is 2. The maximum atomic E-state index is 11.9. The largest absolute Gasteiger partial charge is 0.462 e. The van der Waals surface area contributed by atoms with Crippen LogP contribution in [0, 0.1) is 0 Å². The molecule has 0 aliphatic rings. The highest BCUT2D eigenvalue weighted by Crippen LogP contribution is 2.26. The minimum atomic E-state index is -0.370. The summed E-state index contributed by atoms with van der Waals surface area (Å²) < 4.78 is 5.03. The van der Waals surface area contributed by atoms with Gasteiger partial charge in [0.1, 0.15) is 12.0 Å². The van der Waals surface area contributed by atoms with Crippen LogP contribution >= 0.6 is 0 Å². The summed E-state index contributed by atoms with van der Waals surface area (Å²) in [6.07, 6.45) is 2.30. The predicted octanol–water partition coefficient (Wildman–Crippen LogP) is 3.63. The lowest BCUT2D eigenvalue weighted by atomic mass is 10.1. The number of esters is 1. The minimum Gasteiger partial charge on any atom is -0.462 e. The molecule has 1 heterocycles. The Kier molecular flexibility index (Phi) is 6.41. The molecule has 0 saturated heterocycles. The van der Waals surface area contributed by atoms with Crippen molar-refractivity contribution in [3.63, 3.8) is 0 Å². The number of carbonyl (C=O) groups is 1. The van der Waals surface area contributed by atoms with Crippen molar-refractivity contribution in [2.24, 2.45) is 0 Å². The third-order valence-electron chi connectivity index (χ3n) is 4.07. The Morgan fingerprint density at radius 3 is 2.64 bits per heavy atom. The molecule has 0 atom stereocenters. The van der Waals surface area contributed by atoms with Gasteiger partial charge < -0.3 is 21.1 Å². The van der Waals surface area contributed by atoms with E-state index in [9.17, 15) is 4.79 Å². The number of nitrogens with one attached hydrogen (secondary N) is 2. The number of hydrogen-bond donors (Lipinski definition) is 3. The van der Waals surface area contributed by atoms with Gasteiger partial charge in [-0.05, 0) is 37.1 Å². The molecule has 28 heavy (non-hydrogen) atoms. The molecule has 0 bridgehead atoms. The van der Waals surface area contributed by atoms with Gasteiger partial charge in [-0.25, -0.2) is 14.8 Å². The molecule has 4 N–H and O–H groups in total. The van der Waals surface area contributed by atoms with E-state index in [1.165, 1.54) is 11.9 Å². The molecule has 0 saturated carbocycles. The third kappa shape index (κ3) is 4.97. The van der Waals surface area contributed by atoms with E-state index < -0.39 is 0 Å². The van der Waals surface area contributed by atoms with E-state index in [0.29, 0.717) is 41.7 Å². The van der Waals surface area contributed by atoms with Gasteiger partial charge >= 0.3 is 5.97 Å². The molecule has 0 aliphatic carbocycles. The number of rotatable bonds is 8. The first-order valence-electron chi connectivity index (χ1n) is 9.10. The summed E-state index contributed by atoms with van der Waals surface area (Å²) in [5.74, 6) is 0.665. The normalized spacial score (nSPS) is 10.3. The molecular weight excluding hydrogens is 354 g/mol. The molecule has 0 radical (unpaired) electrons. The Bertz CT molecular complexity index is 931. The summed E-state index contributed by atoms with van der Waals surface area (Å²) >= 11 is 0. The summed E-state index contributed by atoms with van der Waals surface area (Å²) in [6, 6.07) is 17.2. The first kappa shape index (κ1) is 19.2. The Hall–Kier alpha value is -3.61. The first-order valence-corrected chi connectivity index (χ1v) is 9.10. The van der Waals surface area contributed by atoms with Gasteiger partial charge in [0.25, 0.3) is 0 Å². The van der Waals surface area contributed by atoms with Crippen LogP contribution in [0.25, 0.3) is 0 Å². The smallest absolute Gasteiger partial charge is 0.338 e. The van der Waals surface area contributed by atoms with Crippen molar-refractivity contribution in [1.29, 1.82) is 0 Å². The highest BCUT2D eigenvalue weighted by atomic mass is 16.5. The molecule has 1 aromatic heterocycles. The third-order valence-corrected chi connectivity index (χ3v) is 4.07. The molecule has 3 aromatic rings. The average Bonchev–Trinajstić information content (AvgIpc) is 2.72. The van der Waals surface area contributed by atoms with Gasteiger partial charge in [-0.1, -0.05) is 36.4 Å². The van der Waals surface area contributed by atoms with Crippen molar-refractivity contribution in [2.45, 2.75) is 13.3 Å². The van der Waals surface area contributed by atoms with Crippen molar-refractivity contribution >= 4 is 29.0 Å². The molecule has 0 aliphatic heterocycles. The lowest BCUT2D eigenvalue weighted by molar-refractivity contribution is 0.0526. The van der Waals surface area contributed by atoms with Gasteiger partial charge in [-0.3, -0.25) is 0 Å². The van der Waals surface area contributed by atoms with Gasteiger partial charge in [-0.2, -0.15) is 0 Å². The number of nitrogen functional groups attached to an aromatic ring is 1. The minimum absolute atomic E-state index is 0.327. The fourth-order valence-corrected chi connectivity index (χ4v) is 2.68. The second-order valence-electron chi connectivity index (χ2n) is 6.07. The summed E-state index contributed by atoms with van der Waals surface area (Å²) in [7, 11) is 0. The van der Waals surface area contributed by atoms with E-state index in [1.807, 2.05) is 24.3 Å². The molecular formula is C21H23N5O2. The zero-order chi connectivity index (χ0) is 19.8. The number of hydrogen-bond acceptors (Lipinski definition) is 7. The lowest BCUT2D eigenvalue weighted by Gasteiger charge is -2.13. The maximum absolute atomic E-state index is 11.9. The molecule has 2 aromatic carbocycles. The second kappa shape index (κ2) is 9.36. The zero-order valence-electron chi connectivity index (χ0n) is 15.7. The van der Waals surface area contributed by atoms with Crippen LogP contribution in [0.2, 0.25) is 0 Å². The molecule has 0 unspecified atom stereocenters. The van der Waals surface area contributed by atoms with Crippen LogP contribution in [0.3, 0.4) is 0 Å². The van der Waals surface area contributed by atoms with Crippen molar-refractivity contribution in [2.75, 3.05) is 29.5 Å². The van der Waals surface area contributed by atoms with Crippen molar-refractivity contribution < 1.29 is 9.53 Å². The number of nitrogens with zero attached hydrogens (tertiary/aromatic N) is 2. The van der Waals surface area contributed by atoms with E-state index in [1.54, 1.807) is 25.1 Å². The number of anilines is 4. The number of carbonyl (C=O) groups excluding carboxylic acids is 1. The summed E-state index contributed by atoms with van der Waals surface area (Å²) in [5.41, 5.74) is 9.01. The first-order chi connectivity index (χ1) is 13.7. The van der Waals surface area contributed by atoms with Crippen LogP contribution in [-0.2, 0) is 11.2 Å². The molecule has 0 amide bonds. The van der Waals surface area contributed by atoms with E-state index in [4.69, 9.17) is 10.5 Å². The van der Waals surface area contributed by atoms with Crippen LogP contribution in [0.15, 0.2) is 60.9 Å². The highest BCUT2D eigenvalue weighted by molar-refractivity contribution is 5.91. The summed E-state index contributed by atoms with van der Waals surface area (Å²) in [4.78, 5) is 20.3. The van der Waals surface area contributed by atoms with Crippen molar-refractivity contribution in [1.82, 2.24) is 9.97 Å². The number of benzene rings is 2. The fourth-order valence-electron chi connectivity index (χ4n) is 2.68. The van der Waals surface area contributed by atoms with Crippen LogP contribution in [-0.4, -0.2) is 29.1 Å². The van der Waals surface area contributed by atoms with E-state index in [0.717, 1.165) is 6.42 Å². The van der Waals surface area contributed by atoms with E-state index in [-0.39, 0.29) is 5.97 Å². The SMILES string of the molecule is CCOC(=O)c1cccc(Nc2ncnc(NCCc3ccccc3)c2N)c1. The van der Waals surface area contributed by atoms with Gasteiger partial charge in [0.15, 0.2) is 11.6 Å². The van der Waals surface area contributed by atoms with Crippen molar-refractivity contribution in [3.8, 4) is 0 Å². The highest BCUT2D eigenvalue weighted by Gasteiger charge is 2.10. The number of nitrogens with two attached hydrogens (primary N) is 1. The summed E-state index contributed by atoms with van der Waals surface area (Å²) in [5, 5.41) is 6.38. The topological polar surface area (TPSA) is 102 Å². The standard InChI is InChI=1S/C21H23N5O2/c1-2-28-21(27)16-9-6-10-17(13-16)26-20-18(22)19(24-14-25-20)23-12-11-15-7-4-3-5-8-15/h3-10,13-14H,2,11-12,22H2,1H3,(H2,23,24,25,26). The average molecular weight is 377 g/mol. The second-order valence-corrected chi connectivity index (χ2v) is 6.07. The lowest BCUT2D eigenvalue weighted by Crippen LogP contribution is -2.11. The maximum Gasteiger partial charge on any atom is 0.338 e. The molecule has 3 rings (SSSR count). The van der Waals surface area contributed by atoms with Crippen LogP contribution < -0.4 is 16.4 Å².